The molecule has 0 aliphatic rings. The van der Waals surface area contributed by atoms with E-state index in [-0.39, 0.29) is 10.8 Å². The van der Waals surface area contributed by atoms with Gasteiger partial charge in [-0.1, -0.05) is 6.07 Å². The van der Waals surface area contributed by atoms with Crippen molar-refractivity contribution in [2.75, 3.05) is 14.2 Å². The first-order chi connectivity index (χ1) is 11.5. The summed E-state index contributed by atoms with van der Waals surface area (Å²) in [5.41, 5.74) is 0.979. The molecular formula is C17H19NO5S. The van der Waals surface area contributed by atoms with Crippen LogP contribution in [0.1, 0.15) is 26.5 Å². The first-order valence-corrected chi connectivity index (χ1v) is 8.14. The zero-order valence-electron chi connectivity index (χ0n) is 13.5. The van der Waals surface area contributed by atoms with Gasteiger partial charge in [0, 0.05) is 11.3 Å². The van der Waals surface area contributed by atoms with Gasteiger partial charge in [0.1, 0.15) is 4.88 Å². The maximum absolute atomic E-state index is 11.9. The Bertz CT molecular complexity index is 726. The second-order valence-electron chi connectivity index (χ2n) is 5.04. The number of hydrogen-bond acceptors (Lipinski definition) is 5. The minimum Gasteiger partial charge on any atom is -0.493 e. The molecule has 6 nitrogen and oxygen atoms in total. The highest BCUT2D eigenvalue weighted by Crippen LogP contribution is 2.27. The molecule has 0 radical (unpaired) electrons. The number of ether oxygens (including phenoxy) is 2. The van der Waals surface area contributed by atoms with E-state index in [4.69, 9.17) is 14.6 Å². The van der Waals surface area contributed by atoms with Crippen molar-refractivity contribution in [3.8, 4) is 11.5 Å². The normalized spacial score (nSPS) is 10.2. The fourth-order valence-electron chi connectivity index (χ4n) is 2.16. The van der Waals surface area contributed by atoms with E-state index in [0.29, 0.717) is 30.9 Å². The lowest BCUT2D eigenvalue weighted by molar-refractivity contribution is -0.121. The Hall–Kier alpha value is -2.54. The molecule has 0 aliphatic heterocycles. The lowest BCUT2D eigenvalue weighted by atomic mass is 10.1. The van der Waals surface area contributed by atoms with Crippen LogP contribution in [0, 0.1) is 0 Å². The van der Waals surface area contributed by atoms with Crippen LogP contribution in [-0.2, 0) is 17.8 Å². The second-order valence-corrected chi connectivity index (χ2v) is 6.21. The summed E-state index contributed by atoms with van der Waals surface area (Å²) in [6.45, 7) is 0.336. The van der Waals surface area contributed by atoms with Crippen molar-refractivity contribution in [1.29, 1.82) is 0 Å². The van der Waals surface area contributed by atoms with E-state index >= 15 is 0 Å². The minimum atomic E-state index is -0.953. The van der Waals surface area contributed by atoms with E-state index < -0.39 is 5.97 Å². The topological polar surface area (TPSA) is 84.9 Å². The van der Waals surface area contributed by atoms with Crippen LogP contribution in [0.3, 0.4) is 0 Å². The quantitative estimate of drug-likeness (QED) is 0.765. The molecule has 0 saturated carbocycles. The van der Waals surface area contributed by atoms with Gasteiger partial charge in [-0.05, 0) is 36.2 Å². The Kier molecular flexibility index (Phi) is 6.20. The number of thiophene rings is 1. The standard InChI is InChI=1S/C17H19NO5S/c1-22-13-6-3-11(9-14(13)23-2)4-8-16(19)18-10-12-5-7-15(24-12)17(20)21/h3,5-7,9H,4,8,10H2,1-2H3,(H,18,19)(H,20,21). The van der Waals surface area contributed by atoms with Crippen LogP contribution in [0.2, 0.25) is 0 Å². The molecule has 0 saturated heterocycles. The molecule has 24 heavy (non-hydrogen) atoms. The van der Waals surface area contributed by atoms with Gasteiger partial charge in [-0.2, -0.15) is 0 Å². The van der Waals surface area contributed by atoms with Gasteiger partial charge in [0.15, 0.2) is 11.5 Å². The molecule has 1 amide bonds. The number of carbonyl (C=O) groups is 2. The second kappa shape index (κ2) is 8.35. The Morgan fingerprint density at radius 2 is 1.88 bits per heavy atom. The molecule has 1 aromatic heterocycles. The summed E-state index contributed by atoms with van der Waals surface area (Å²) in [7, 11) is 3.14. The number of aromatic carboxylic acids is 1. The predicted molar refractivity (Wildman–Crippen MR) is 91.0 cm³/mol. The van der Waals surface area contributed by atoms with Gasteiger partial charge in [-0.15, -0.1) is 11.3 Å². The van der Waals surface area contributed by atoms with Crippen molar-refractivity contribution in [3.05, 3.63) is 45.6 Å². The van der Waals surface area contributed by atoms with Crippen LogP contribution in [0.5, 0.6) is 11.5 Å². The van der Waals surface area contributed by atoms with Crippen molar-refractivity contribution in [3.63, 3.8) is 0 Å². The van der Waals surface area contributed by atoms with Gasteiger partial charge in [0.05, 0.1) is 20.8 Å². The van der Waals surface area contributed by atoms with Gasteiger partial charge in [-0.3, -0.25) is 4.79 Å². The number of nitrogens with one attached hydrogen (secondary N) is 1. The highest BCUT2D eigenvalue weighted by Gasteiger charge is 2.09. The summed E-state index contributed by atoms with van der Waals surface area (Å²) in [6.07, 6.45) is 0.920. The number of aryl methyl sites for hydroxylation is 1. The molecule has 0 aliphatic carbocycles. The molecule has 2 aromatic rings. The van der Waals surface area contributed by atoms with Gasteiger partial charge >= 0.3 is 5.97 Å². The van der Waals surface area contributed by atoms with Crippen molar-refractivity contribution >= 4 is 23.2 Å². The predicted octanol–water partition coefficient (Wildman–Crippen LogP) is 2.71. The number of benzene rings is 1. The highest BCUT2D eigenvalue weighted by atomic mass is 32.1. The Labute approximate surface area is 144 Å². The third-order valence-corrected chi connectivity index (χ3v) is 4.49. The van der Waals surface area contributed by atoms with Crippen LogP contribution < -0.4 is 14.8 Å². The molecule has 7 heteroatoms. The van der Waals surface area contributed by atoms with Crippen molar-refractivity contribution < 1.29 is 24.2 Å². The number of rotatable bonds is 8. The minimum absolute atomic E-state index is 0.0879. The van der Waals surface area contributed by atoms with E-state index in [1.807, 2.05) is 18.2 Å². The molecule has 2 N–H and O–H groups in total. The smallest absolute Gasteiger partial charge is 0.345 e. The van der Waals surface area contributed by atoms with E-state index in [0.717, 1.165) is 21.8 Å². The van der Waals surface area contributed by atoms with E-state index in [1.165, 1.54) is 6.07 Å². The number of amides is 1. The van der Waals surface area contributed by atoms with Crippen LogP contribution in [0.15, 0.2) is 30.3 Å². The molecule has 0 fully saturated rings. The number of carboxylic acid groups (broad SMARTS) is 1. The van der Waals surface area contributed by atoms with Gasteiger partial charge in [-0.25, -0.2) is 4.79 Å². The summed E-state index contributed by atoms with van der Waals surface area (Å²) in [6, 6.07) is 8.81. The molecule has 0 spiro atoms. The number of hydrogen-bond donors (Lipinski definition) is 2. The molecular weight excluding hydrogens is 330 g/mol. The van der Waals surface area contributed by atoms with Crippen LogP contribution in [0.25, 0.3) is 0 Å². The summed E-state index contributed by atoms with van der Waals surface area (Å²) < 4.78 is 10.4. The molecule has 0 atom stereocenters. The average molecular weight is 349 g/mol. The van der Waals surface area contributed by atoms with E-state index in [9.17, 15) is 9.59 Å². The number of carbonyl (C=O) groups excluding carboxylic acids is 1. The first-order valence-electron chi connectivity index (χ1n) is 7.33. The molecule has 1 heterocycles. The van der Waals surface area contributed by atoms with Gasteiger partial charge in [0.25, 0.3) is 0 Å². The third-order valence-electron chi connectivity index (χ3n) is 3.42. The largest absolute Gasteiger partial charge is 0.493 e. The Morgan fingerprint density at radius 3 is 2.50 bits per heavy atom. The lowest BCUT2D eigenvalue weighted by Crippen LogP contribution is -2.22. The fraction of sp³-hybridized carbons (Fsp3) is 0.294. The van der Waals surface area contributed by atoms with Crippen LogP contribution >= 0.6 is 11.3 Å². The van der Waals surface area contributed by atoms with Gasteiger partial charge < -0.3 is 19.9 Å². The van der Waals surface area contributed by atoms with Crippen LogP contribution in [0.4, 0.5) is 0 Å². The van der Waals surface area contributed by atoms with E-state index in [2.05, 4.69) is 5.32 Å². The summed E-state index contributed by atoms with van der Waals surface area (Å²) in [5, 5.41) is 11.7. The molecule has 0 bridgehead atoms. The number of methoxy groups -OCH3 is 2. The Balaban J connectivity index is 1.83. The Morgan fingerprint density at radius 1 is 1.12 bits per heavy atom. The average Bonchev–Trinajstić information content (AvgIpc) is 3.07. The van der Waals surface area contributed by atoms with Gasteiger partial charge in [0.2, 0.25) is 5.91 Å². The maximum Gasteiger partial charge on any atom is 0.345 e. The zero-order chi connectivity index (χ0) is 17.5. The number of carboxylic acids is 1. The SMILES string of the molecule is COc1ccc(CCC(=O)NCc2ccc(C(=O)O)s2)cc1OC. The summed E-state index contributed by atoms with van der Waals surface area (Å²) in [5.74, 6) is 0.244. The fourth-order valence-corrected chi connectivity index (χ4v) is 2.94. The monoisotopic (exact) mass is 349 g/mol. The molecule has 0 unspecified atom stereocenters. The van der Waals surface area contributed by atoms with Crippen molar-refractivity contribution in [1.82, 2.24) is 5.32 Å². The highest BCUT2D eigenvalue weighted by molar-refractivity contribution is 7.13. The van der Waals surface area contributed by atoms with Crippen LogP contribution in [-0.4, -0.2) is 31.2 Å². The zero-order valence-corrected chi connectivity index (χ0v) is 14.3. The van der Waals surface area contributed by atoms with Crippen molar-refractivity contribution in [2.45, 2.75) is 19.4 Å². The summed E-state index contributed by atoms with van der Waals surface area (Å²) >= 11 is 1.16. The van der Waals surface area contributed by atoms with Crippen molar-refractivity contribution in [2.24, 2.45) is 0 Å². The first kappa shape index (κ1) is 17.8. The maximum atomic E-state index is 11.9. The molecule has 1 aromatic carbocycles. The summed E-state index contributed by atoms with van der Waals surface area (Å²) in [4.78, 5) is 23.8. The molecule has 128 valence electrons. The lowest BCUT2D eigenvalue weighted by Gasteiger charge is -2.09. The third kappa shape index (κ3) is 4.73. The van der Waals surface area contributed by atoms with E-state index in [1.54, 1.807) is 20.3 Å². The molecule has 2 rings (SSSR count).